The van der Waals surface area contributed by atoms with Crippen molar-refractivity contribution in [3.8, 4) is 0 Å². The van der Waals surface area contributed by atoms with Crippen LogP contribution in [0, 0.1) is 6.92 Å². The number of nitrogens with one attached hydrogen (secondary N) is 3. The highest BCUT2D eigenvalue weighted by molar-refractivity contribution is 6.10. The second-order valence-electron chi connectivity index (χ2n) is 6.68. The first-order chi connectivity index (χ1) is 14.5. The van der Waals surface area contributed by atoms with E-state index < -0.39 is 0 Å². The number of para-hydroxylation sites is 1. The zero-order valence-corrected chi connectivity index (χ0v) is 16.8. The molecule has 152 valence electrons. The van der Waals surface area contributed by atoms with E-state index in [1.807, 2.05) is 43.3 Å². The van der Waals surface area contributed by atoms with Crippen LogP contribution >= 0.6 is 0 Å². The summed E-state index contributed by atoms with van der Waals surface area (Å²) in [5, 5.41) is 8.70. The molecule has 1 aromatic heterocycles. The number of amides is 2. The Balaban J connectivity index is 1.81. The van der Waals surface area contributed by atoms with Gasteiger partial charge < -0.3 is 10.6 Å². The Morgan fingerprint density at radius 3 is 2.57 bits per heavy atom. The molecule has 1 heterocycles. The number of hydrogen-bond acceptors (Lipinski definition) is 4. The summed E-state index contributed by atoms with van der Waals surface area (Å²) in [5.41, 5.74) is 3.74. The number of anilines is 2. The maximum Gasteiger partial charge on any atom is 0.258 e. The van der Waals surface area contributed by atoms with Gasteiger partial charge in [-0.1, -0.05) is 30.3 Å². The quantitative estimate of drug-likeness (QED) is 0.448. The topological polar surface area (TPSA) is 95.5 Å². The van der Waals surface area contributed by atoms with Crippen LogP contribution in [-0.2, 0) is 11.3 Å². The molecule has 30 heavy (non-hydrogen) atoms. The molecule has 0 saturated carbocycles. The summed E-state index contributed by atoms with van der Waals surface area (Å²) < 4.78 is 0. The van der Waals surface area contributed by atoms with Gasteiger partial charge in [0, 0.05) is 36.3 Å². The predicted molar refractivity (Wildman–Crippen MR) is 118 cm³/mol. The number of nitrogens with zero attached hydrogens (tertiary/aromatic N) is 2. The van der Waals surface area contributed by atoms with Gasteiger partial charge in [0.05, 0.1) is 6.54 Å². The number of aliphatic imine (C=N–C) groups is 1. The van der Waals surface area contributed by atoms with Crippen molar-refractivity contribution >= 4 is 29.1 Å². The van der Waals surface area contributed by atoms with Gasteiger partial charge >= 0.3 is 0 Å². The molecule has 3 N–H and O–H groups in total. The third-order valence-corrected chi connectivity index (χ3v) is 4.22. The number of aromatic nitrogens is 1. The van der Waals surface area contributed by atoms with Crippen LogP contribution in [0.2, 0.25) is 0 Å². The van der Waals surface area contributed by atoms with E-state index in [9.17, 15) is 9.59 Å². The van der Waals surface area contributed by atoms with E-state index in [1.54, 1.807) is 36.7 Å². The Labute approximate surface area is 175 Å². The Morgan fingerprint density at radius 1 is 1.00 bits per heavy atom. The molecule has 0 bridgehead atoms. The van der Waals surface area contributed by atoms with E-state index in [0.29, 0.717) is 23.8 Å². The SMILES string of the molecule is CC(=O)Nc1cccc(C(=O)NC(=NCc2cccnc2)Nc2ccccc2C)c1. The lowest BCUT2D eigenvalue weighted by Gasteiger charge is -2.14. The number of benzene rings is 2. The van der Waals surface area contributed by atoms with Crippen LogP contribution in [-0.4, -0.2) is 22.8 Å². The summed E-state index contributed by atoms with van der Waals surface area (Å²) in [5.74, 6) is -0.219. The van der Waals surface area contributed by atoms with Gasteiger partial charge in [0.25, 0.3) is 5.91 Å². The molecule has 2 amide bonds. The van der Waals surface area contributed by atoms with Gasteiger partial charge in [-0.2, -0.15) is 0 Å². The molecule has 0 unspecified atom stereocenters. The Bertz CT molecular complexity index is 1060. The van der Waals surface area contributed by atoms with Crippen molar-refractivity contribution in [3.63, 3.8) is 0 Å². The number of carbonyl (C=O) groups excluding carboxylic acids is 2. The molecule has 7 nitrogen and oxygen atoms in total. The highest BCUT2D eigenvalue weighted by Gasteiger charge is 2.11. The molecule has 0 aliphatic carbocycles. The van der Waals surface area contributed by atoms with Crippen molar-refractivity contribution in [2.24, 2.45) is 4.99 Å². The number of rotatable bonds is 5. The van der Waals surface area contributed by atoms with Gasteiger partial charge in [0.1, 0.15) is 0 Å². The van der Waals surface area contributed by atoms with Gasteiger partial charge in [-0.3, -0.25) is 19.9 Å². The van der Waals surface area contributed by atoms with Crippen molar-refractivity contribution in [2.75, 3.05) is 10.6 Å². The minimum atomic E-state index is -0.340. The van der Waals surface area contributed by atoms with E-state index >= 15 is 0 Å². The molecule has 2 aromatic carbocycles. The van der Waals surface area contributed by atoms with Crippen LogP contribution in [0.25, 0.3) is 0 Å². The summed E-state index contributed by atoms with van der Waals surface area (Å²) in [7, 11) is 0. The van der Waals surface area contributed by atoms with E-state index in [0.717, 1.165) is 16.8 Å². The summed E-state index contributed by atoms with van der Waals surface area (Å²) in [6, 6.07) is 18.2. The molecule has 0 spiro atoms. The van der Waals surface area contributed by atoms with E-state index in [2.05, 4.69) is 25.9 Å². The fraction of sp³-hybridized carbons (Fsp3) is 0.130. The first-order valence-corrected chi connectivity index (χ1v) is 9.46. The van der Waals surface area contributed by atoms with Crippen LogP contribution in [0.4, 0.5) is 11.4 Å². The highest BCUT2D eigenvalue weighted by atomic mass is 16.2. The largest absolute Gasteiger partial charge is 0.326 e. The highest BCUT2D eigenvalue weighted by Crippen LogP contribution is 2.14. The second kappa shape index (κ2) is 9.97. The van der Waals surface area contributed by atoms with Crippen molar-refractivity contribution in [2.45, 2.75) is 20.4 Å². The van der Waals surface area contributed by atoms with E-state index in [1.165, 1.54) is 6.92 Å². The van der Waals surface area contributed by atoms with Crippen molar-refractivity contribution in [1.82, 2.24) is 10.3 Å². The summed E-state index contributed by atoms with van der Waals surface area (Å²) in [6.45, 7) is 3.75. The van der Waals surface area contributed by atoms with Gasteiger partial charge in [0.2, 0.25) is 11.9 Å². The lowest BCUT2D eigenvalue weighted by molar-refractivity contribution is -0.114. The number of hydrogen-bond donors (Lipinski definition) is 3. The number of pyridine rings is 1. The molecule has 0 aliphatic heterocycles. The van der Waals surface area contributed by atoms with Crippen LogP contribution < -0.4 is 16.0 Å². The number of aryl methyl sites for hydroxylation is 1. The Hall–Kier alpha value is -4.00. The molecular weight excluding hydrogens is 378 g/mol. The molecule has 0 aliphatic rings. The monoisotopic (exact) mass is 401 g/mol. The Morgan fingerprint density at radius 2 is 1.83 bits per heavy atom. The predicted octanol–water partition coefficient (Wildman–Crippen LogP) is 3.75. The fourth-order valence-electron chi connectivity index (χ4n) is 2.73. The Kier molecular flexibility index (Phi) is 6.89. The van der Waals surface area contributed by atoms with Crippen LogP contribution in [0.15, 0.2) is 78.0 Å². The van der Waals surface area contributed by atoms with Gasteiger partial charge in [-0.15, -0.1) is 0 Å². The standard InChI is InChI=1S/C23H23N5O2/c1-16-7-3-4-11-21(16)27-23(25-15-18-8-6-12-24-14-18)28-22(30)19-9-5-10-20(13-19)26-17(2)29/h3-14H,15H2,1-2H3,(H,26,29)(H2,25,27,28,30). The molecule has 0 atom stereocenters. The minimum absolute atomic E-state index is 0.201. The minimum Gasteiger partial charge on any atom is -0.326 e. The van der Waals surface area contributed by atoms with Crippen LogP contribution in [0.5, 0.6) is 0 Å². The van der Waals surface area contributed by atoms with Crippen molar-refractivity contribution in [3.05, 3.63) is 89.7 Å². The third-order valence-electron chi connectivity index (χ3n) is 4.22. The maximum atomic E-state index is 12.8. The average Bonchev–Trinajstić information content (AvgIpc) is 2.74. The second-order valence-corrected chi connectivity index (χ2v) is 6.68. The van der Waals surface area contributed by atoms with Crippen molar-refractivity contribution < 1.29 is 9.59 Å². The van der Waals surface area contributed by atoms with Gasteiger partial charge in [-0.05, 0) is 48.4 Å². The fourth-order valence-corrected chi connectivity index (χ4v) is 2.73. The van der Waals surface area contributed by atoms with E-state index in [4.69, 9.17) is 0 Å². The summed E-state index contributed by atoms with van der Waals surface area (Å²) in [4.78, 5) is 32.7. The number of guanidine groups is 1. The molecule has 0 fully saturated rings. The van der Waals surface area contributed by atoms with Crippen LogP contribution in [0.3, 0.4) is 0 Å². The zero-order valence-electron chi connectivity index (χ0n) is 16.8. The average molecular weight is 401 g/mol. The lowest BCUT2D eigenvalue weighted by Crippen LogP contribution is -2.36. The van der Waals surface area contributed by atoms with Crippen molar-refractivity contribution in [1.29, 1.82) is 0 Å². The van der Waals surface area contributed by atoms with E-state index in [-0.39, 0.29) is 11.8 Å². The molecule has 3 aromatic rings. The first kappa shape index (κ1) is 20.7. The molecule has 0 radical (unpaired) electrons. The lowest BCUT2D eigenvalue weighted by atomic mass is 10.2. The number of carbonyl (C=O) groups is 2. The first-order valence-electron chi connectivity index (χ1n) is 9.46. The van der Waals surface area contributed by atoms with Crippen LogP contribution in [0.1, 0.15) is 28.4 Å². The molecule has 0 saturated heterocycles. The molecule has 7 heteroatoms. The molecule has 3 rings (SSSR count). The van der Waals surface area contributed by atoms with Gasteiger partial charge in [-0.25, -0.2) is 4.99 Å². The molecular formula is C23H23N5O2. The smallest absolute Gasteiger partial charge is 0.258 e. The summed E-state index contributed by atoms with van der Waals surface area (Å²) in [6.07, 6.45) is 3.43. The van der Waals surface area contributed by atoms with Gasteiger partial charge in [0.15, 0.2) is 0 Å². The summed E-state index contributed by atoms with van der Waals surface area (Å²) >= 11 is 0. The third kappa shape index (κ3) is 6.00. The maximum absolute atomic E-state index is 12.8. The normalized spacial score (nSPS) is 10.9. The zero-order chi connectivity index (χ0) is 21.3.